The summed E-state index contributed by atoms with van der Waals surface area (Å²) in [6, 6.07) is 0.692. The van der Waals surface area contributed by atoms with E-state index in [4.69, 9.17) is 12.2 Å². The summed E-state index contributed by atoms with van der Waals surface area (Å²) in [4.78, 5) is 2.35. The van der Waals surface area contributed by atoms with Gasteiger partial charge in [0.05, 0.1) is 0 Å². The van der Waals surface area contributed by atoms with E-state index in [1.54, 1.807) is 0 Å². The van der Waals surface area contributed by atoms with Crippen molar-refractivity contribution < 1.29 is 0 Å². The maximum atomic E-state index is 5.34. The van der Waals surface area contributed by atoms with Crippen LogP contribution in [0.1, 0.15) is 39.5 Å². The summed E-state index contributed by atoms with van der Waals surface area (Å²) in [5, 5.41) is 4.26. The Kier molecular flexibility index (Phi) is 4.50. The van der Waals surface area contributed by atoms with Crippen molar-refractivity contribution in [2.45, 2.75) is 45.6 Å². The number of rotatable bonds is 3. The molecule has 0 radical (unpaired) electrons. The minimum absolute atomic E-state index is 0.692. The molecule has 1 aliphatic rings. The third-order valence-electron chi connectivity index (χ3n) is 2.64. The van der Waals surface area contributed by atoms with Gasteiger partial charge in [0.15, 0.2) is 5.11 Å². The zero-order valence-corrected chi connectivity index (χ0v) is 9.49. The molecule has 3 heteroatoms. The summed E-state index contributed by atoms with van der Waals surface area (Å²) < 4.78 is 0. The Morgan fingerprint density at radius 2 is 2.31 bits per heavy atom. The Bertz CT molecular complexity index is 170. The smallest absolute Gasteiger partial charge is 0.169 e. The van der Waals surface area contributed by atoms with E-state index < -0.39 is 0 Å². The first-order valence-electron chi connectivity index (χ1n) is 5.34. The van der Waals surface area contributed by atoms with Crippen LogP contribution in [-0.2, 0) is 0 Å². The fraction of sp³-hybridized carbons (Fsp3) is 0.900. The Morgan fingerprint density at radius 1 is 1.54 bits per heavy atom. The molecule has 0 aliphatic carbocycles. The van der Waals surface area contributed by atoms with Gasteiger partial charge in [-0.05, 0) is 37.9 Å². The van der Waals surface area contributed by atoms with Crippen molar-refractivity contribution in [1.82, 2.24) is 10.2 Å². The van der Waals surface area contributed by atoms with E-state index in [-0.39, 0.29) is 0 Å². The lowest BCUT2D eigenvalue weighted by molar-refractivity contribution is 0.374. The molecular weight excluding hydrogens is 180 g/mol. The second-order valence-corrected chi connectivity index (χ2v) is 4.02. The maximum absolute atomic E-state index is 5.34. The van der Waals surface area contributed by atoms with Gasteiger partial charge in [0.2, 0.25) is 0 Å². The van der Waals surface area contributed by atoms with Crippen LogP contribution in [-0.4, -0.2) is 29.1 Å². The lowest BCUT2D eigenvalue weighted by atomic mass is 10.2. The first kappa shape index (κ1) is 10.8. The quantitative estimate of drug-likeness (QED) is 0.703. The molecule has 1 saturated heterocycles. The molecule has 1 rings (SSSR count). The van der Waals surface area contributed by atoms with Gasteiger partial charge >= 0.3 is 0 Å². The third kappa shape index (κ3) is 2.83. The largest absolute Gasteiger partial charge is 0.363 e. The van der Waals surface area contributed by atoms with Gasteiger partial charge in [0, 0.05) is 19.1 Å². The number of nitrogens with zero attached hydrogens (tertiary/aromatic N) is 1. The van der Waals surface area contributed by atoms with Crippen LogP contribution in [0.2, 0.25) is 0 Å². The summed E-state index contributed by atoms with van der Waals surface area (Å²) in [5.41, 5.74) is 0. The van der Waals surface area contributed by atoms with Crippen molar-refractivity contribution in [3.63, 3.8) is 0 Å². The normalized spacial score (nSPS) is 22.0. The van der Waals surface area contributed by atoms with E-state index in [0.717, 1.165) is 24.6 Å². The van der Waals surface area contributed by atoms with Crippen molar-refractivity contribution in [2.24, 2.45) is 0 Å². The molecule has 0 aromatic rings. The van der Waals surface area contributed by atoms with Crippen molar-refractivity contribution in [1.29, 1.82) is 0 Å². The number of nitrogens with one attached hydrogen (secondary N) is 1. The van der Waals surface area contributed by atoms with Crippen LogP contribution >= 0.6 is 12.2 Å². The van der Waals surface area contributed by atoms with E-state index in [1.807, 2.05) is 0 Å². The summed E-state index contributed by atoms with van der Waals surface area (Å²) >= 11 is 5.34. The lowest BCUT2D eigenvalue weighted by Crippen LogP contribution is -2.42. The molecule has 0 amide bonds. The van der Waals surface area contributed by atoms with Crippen molar-refractivity contribution in [3.05, 3.63) is 0 Å². The number of thiocarbonyl (C=S) groups is 1. The first-order chi connectivity index (χ1) is 6.29. The fourth-order valence-electron chi connectivity index (χ4n) is 1.86. The molecule has 1 unspecified atom stereocenters. The summed E-state index contributed by atoms with van der Waals surface area (Å²) in [6.07, 6.45) is 4.97. The zero-order valence-electron chi connectivity index (χ0n) is 8.68. The molecule has 1 atom stereocenters. The van der Waals surface area contributed by atoms with Crippen LogP contribution in [0.5, 0.6) is 0 Å². The average Bonchev–Trinajstić information content (AvgIpc) is 2.61. The predicted molar refractivity (Wildman–Crippen MR) is 60.9 cm³/mol. The SMILES string of the molecule is CCCNC(=S)N1CCCC1CC. The molecule has 1 heterocycles. The van der Waals surface area contributed by atoms with Gasteiger partial charge in [-0.25, -0.2) is 0 Å². The van der Waals surface area contributed by atoms with E-state index in [1.165, 1.54) is 19.3 Å². The molecular formula is C10H20N2S. The second kappa shape index (κ2) is 5.43. The zero-order chi connectivity index (χ0) is 9.68. The van der Waals surface area contributed by atoms with Crippen molar-refractivity contribution >= 4 is 17.3 Å². The van der Waals surface area contributed by atoms with E-state index >= 15 is 0 Å². The second-order valence-electron chi connectivity index (χ2n) is 3.63. The van der Waals surface area contributed by atoms with Gasteiger partial charge in [-0.15, -0.1) is 0 Å². The predicted octanol–water partition coefficient (Wildman–Crippen LogP) is 2.15. The van der Waals surface area contributed by atoms with E-state index in [2.05, 4.69) is 24.1 Å². The molecule has 0 spiro atoms. The monoisotopic (exact) mass is 200 g/mol. The minimum Gasteiger partial charge on any atom is -0.363 e. The molecule has 0 saturated carbocycles. The van der Waals surface area contributed by atoms with Gasteiger partial charge in [0.25, 0.3) is 0 Å². The molecule has 2 nitrogen and oxygen atoms in total. The fourth-order valence-corrected chi connectivity index (χ4v) is 2.20. The lowest BCUT2D eigenvalue weighted by Gasteiger charge is -2.26. The van der Waals surface area contributed by atoms with Gasteiger partial charge < -0.3 is 10.2 Å². The third-order valence-corrected chi connectivity index (χ3v) is 3.01. The van der Waals surface area contributed by atoms with Gasteiger partial charge in [0.1, 0.15) is 0 Å². The molecule has 1 aliphatic heterocycles. The van der Waals surface area contributed by atoms with Gasteiger partial charge in [-0.1, -0.05) is 13.8 Å². The molecule has 13 heavy (non-hydrogen) atoms. The Balaban J connectivity index is 2.36. The van der Waals surface area contributed by atoms with Crippen LogP contribution in [0.25, 0.3) is 0 Å². The number of hydrogen-bond acceptors (Lipinski definition) is 1. The average molecular weight is 200 g/mol. The molecule has 0 aromatic heterocycles. The van der Waals surface area contributed by atoms with Gasteiger partial charge in [-0.2, -0.15) is 0 Å². The van der Waals surface area contributed by atoms with Crippen LogP contribution in [0.3, 0.4) is 0 Å². The first-order valence-corrected chi connectivity index (χ1v) is 5.74. The summed E-state index contributed by atoms with van der Waals surface area (Å²) in [7, 11) is 0. The summed E-state index contributed by atoms with van der Waals surface area (Å²) in [5.74, 6) is 0. The highest BCUT2D eigenvalue weighted by Crippen LogP contribution is 2.19. The highest BCUT2D eigenvalue weighted by atomic mass is 32.1. The Morgan fingerprint density at radius 3 is 2.92 bits per heavy atom. The minimum atomic E-state index is 0.692. The van der Waals surface area contributed by atoms with Crippen LogP contribution in [0, 0.1) is 0 Å². The maximum Gasteiger partial charge on any atom is 0.169 e. The molecule has 1 N–H and O–H groups in total. The standard InChI is InChI=1S/C10H20N2S/c1-3-7-11-10(13)12-8-5-6-9(12)4-2/h9H,3-8H2,1-2H3,(H,11,13). The van der Waals surface area contributed by atoms with Crippen LogP contribution in [0.15, 0.2) is 0 Å². The van der Waals surface area contributed by atoms with Gasteiger partial charge in [-0.3, -0.25) is 0 Å². The highest BCUT2D eigenvalue weighted by Gasteiger charge is 2.24. The topological polar surface area (TPSA) is 15.3 Å². The molecule has 0 bridgehead atoms. The van der Waals surface area contributed by atoms with Crippen molar-refractivity contribution in [3.8, 4) is 0 Å². The Labute approximate surface area is 86.7 Å². The number of likely N-dealkylation sites (tertiary alicyclic amines) is 1. The van der Waals surface area contributed by atoms with Crippen LogP contribution in [0.4, 0.5) is 0 Å². The molecule has 0 aromatic carbocycles. The summed E-state index contributed by atoms with van der Waals surface area (Å²) in [6.45, 7) is 6.56. The molecule has 76 valence electrons. The molecule has 1 fully saturated rings. The van der Waals surface area contributed by atoms with E-state index in [9.17, 15) is 0 Å². The number of hydrogen-bond donors (Lipinski definition) is 1. The highest BCUT2D eigenvalue weighted by molar-refractivity contribution is 7.80. The van der Waals surface area contributed by atoms with Crippen molar-refractivity contribution in [2.75, 3.05) is 13.1 Å². The van der Waals surface area contributed by atoms with Crippen LogP contribution < -0.4 is 5.32 Å². The Hall–Kier alpha value is -0.310. The van der Waals surface area contributed by atoms with E-state index in [0.29, 0.717) is 6.04 Å².